The lowest BCUT2D eigenvalue weighted by Crippen LogP contribution is -2.23. The van der Waals surface area contributed by atoms with Crippen LogP contribution in [-0.4, -0.2) is 49.2 Å². The van der Waals surface area contributed by atoms with Crippen LogP contribution in [0.4, 0.5) is 0 Å². The van der Waals surface area contributed by atoms with Crippen LogP contribution in [-0.2, 0) is 9.59 Å². The molecule has 0 aliphatic carbocycles. The molecule has 0 heterocycles. The first kappa shape index (κ1) is 16.6. The first-order valence-corrected chi connectivity index (χ1v) is 5.93. The number of rotatable bonds is 9. The van der Waals surface area contributed by atoms with Crippen LogP contribution in [0.1, 0.15) is 26.7 Å². The zero-order valence-electron chi connectivity index (χ0n) is 11.1. The minimum Gasteiger partial charge on any atom is -0.325 e. The van der Waals surface area contributed by atoms with E-state index in [1.807, 2.05) is 6.92 Å². The van der Waals surface area contributed by atoms with Gasteiger partial charge >= 0.3 is 0 Å². The van der Waals surface area contributed by atoms with Crippen molar-refractivity contribution in [2.24, 2.45) is 21.5 Å². The van der Waals surface area contributed by atoms with Crippen molar-refractivity contribution in [1.29, 1.82) is 0 Å². The van der Waals surface area contributed by atoms with E-state index in [1.165, 1.54) is 6.92 Å². The highest BCUT2D eigenvalue weighted by atomic mass is 16.1. The van der Waals surface area contributed by atoms with E-state index in [4.69, 9.17) is 11.5 Å². The first-order valence-electron chi connectivity index (χ1n) is 5.93. The van der Waals surface area contributed by atoms with Gasteiger partial charge in [-0.2, -0.15) is 0 Å². The molecule has 6 nitrogen and oxygen atoms in total. The predicted molar refractivity (Wildman–Crippen MR) is 73.3 cm³/mol. The van der Waals surface area contributed by atoms with Crippen molar-refractivity contribution in [2.75, 3.05) is 26.2 Å². The zero-order chi connectivity index (χ0) is 14.0. The highest BCUT2D eigenvalue weighted by Gasteiger charge is 2.03. The molecule has 0 spiro atoms. The van der Waals surface area contributed by atoms with Gasteiger partial charge in [0.2, 0.25) is 0 Å². The molecule has 0 atom stereocenters. The average Bonchev–Trinajstić information content (AvgIpc) is 2.31. The molecule has 0 saturated heterocycles. The number of nitrogens with two attached hydrogens (primary N) is 2. The van der Waals surface area contributed by atoms with E-state index in [9.17, 15) is 9.59 Å². The smallest absolute Gasteiger partial charge is 0.152 e. The van der Waals surface area contributed by atoms with Crippen LogP contribution in [0, 0.1) is 0 Å². The Balaban J connectivity index is 4.11. The van der Waals surface area contributed by atoms with Crippen LogP contribution >= 0.6 is 0 Å². The molecule has 0 saturated carbocycles. The van der Waals surface area contributed by atoms with Gasteiger partial charge in [0.25, 0.3) is 0 Å². The molecular formula is C12H22N4O2. The first-order chi connectivity index (χ1) is 8.49. The maximum Gasteiger partial charge on any atom is 0.152 e. The van der Waals surface area contributed by atoms with Gasteiger partial charge in [-0.15, -0.1) is 0 Å². The fourth-order valence-corrected chi connectivity index (χ4v) is 1.36. The molecule has 0 aliphatic heterocycles. The third-order valence-electron chi connectivity index (χ3n) is 2.19. The summed E-state index contributed by atoms with van der Waals surface area (Å²) in [6.07, 6.45) is 0.586. The second kappa shape index (κ2) is 9.61. The summed E-state index contributed by atoms with van der Waals surface area (Å²) in [7, 11) is 0. The van der Waals surface area contributed by atoms with Crippen LogP contribution in [0.15, 0.2) is 9.98 Å². The molecule has 0 aromatic carbocycles. The highest BCUT2D eigenvalue weighted by Crippen LogP contribution is 1.91. The van der Waals surface area contributed by atoms with Crippen LogP contribution in [0.3, 0.4) is 0 Å². The van der Waals surface area contributed by atoms with Gasteiger partial charge < -0.3 is 11.5 Å². The normalized spacial score (nSPS) is 12.7. The van der Waals surface area contributed by atoms with Crippen molar-refractivity contribution < 1.29 is 9.59 Å². The summed E-state index contributed by atoms with van der Waals surface area (Å²) in [5.74, 6) is 0.0198. The fourth-order valence-electron chi connectivity index (χ4n) is 1.36. The third kappa shape index (κ3) is 8.72. The Morgan fingerprint density at radius 3 is 2.06 bits per heavy atom. The van der Waals surface area contributed by atoms with Crippen molar-refractivity contribution in [2.45, 2.75) is 26.7 Å². The molecular weight excluding hydrogens is 232 g/mol. The minimum atomic E-state index is -0.0736. The molecule has 0 rings (SSSR count). The Kier molecular flexibility index (Phi) is 8.86. The Bertz CT molecular complexity index is 348. The number of carbonyl (C=O) groups is 2. The van der Waals surface area contributed by atoms with E-state index in [0.717, 1.165) is 5.71 Å². The summed E-state index contributed by atoms with van der Waals surface area (Å²) in [4.78, 5) is 30.4. The molecule has 0 bridgehead atoms. The van der Waals surface area contributed by atoms with Crippen LogP contribution in [0.25, 0.3) is 0 Å². The number of aliphatic imine (C=N–C) groups is 2. The molecule has 0 aromatic heterocycles. The SMILES string of the molecule is CC(=O)CC(C)=NCCN=C(CN)CC(=O)CN. The quantitative estimate of drug-likeness (QED) is 0.436. The molecule has 0 aliphatic rings. The number of Topliss-reactive ketones (excluding diaryl/α,β-unsaturated/α-hetero) is 2. The summed E-state index contributed by atoms with van der Waals surface area (Å²) >= 11 is 0. The van der Waals surface area contributed by atoms with Crippen LogP contribution in [0.2, 0.25) is 0 Å². The predicted octanol–water partition coefficient (Wildman–Crippen LogP) is -0.256. The lowest BCUT2D eigenvalue weighted by Gasteiger charge is -2.02. The van der Waals surface area contributed by atoms with E-state index in [1.54, 1.807) is 0 Å². The number of hydrogen-bond donors (Lipinski definition) is 2. The molecule has 102 valence electrons. The summed E-state index contributed by atoms with van der Waals surface area (Å²) in [5, 5.41) is 0. The number of hydrogen-bond acceptors (Lipinski definition) is 6. The minimum absolute atomic E-state index is 0.00882. The van der Waals surface area contributed by atoms with Crippen molar-refractivity contribution >= 4 is 23.0 Å². The van der Waals surface area contributed by atoms with Crippen molar-refractivity contribution in [3.63, 3.8) is 0 Å². The molecule has 4 N–H and O–H groups in total. The summed E-state index contributed by atoms with van der Waals surface area (Å²) in [6, 6.07) is 0. The molecule has 0 radical (unpaired) electrons. The van der Waals surface area contributed by atoms with E-state index in [2.05, 4.69) is 9.98 Å². The summed E-state index contributed by atoms with van der Waals surface area (Å²) in [6.45, 7) is 4.57. The van der Waals surface area contributed by atoms with Crippen LogP contribution < -0.4 is 11.5 Å². The lowest BCUT2D eigenvalue weighted by molar-refractivity contribution is -0.117. The van der Waals surface area contributed by atoms with Crippen LogP contribution in [0.5, 0.6) is 0 Å². The molecule has 0 amide bonds. The summed E-state index contributed by atoms with van der Waals surface area (Å²) < 4.78 is 0. The number of nitrogens with zero attached hydrogens (tertiary/aromatic N) is 2. The maximum absolute atomic E-state index is 11.1. The van der Waals surface area contributed by atoms with E-state index in [-0.39, 0.29) is 31.1 Å². The van der Waals surface area contributed by atoms with Gasteiger partial charge in [-0.05, 0) is 13.8 Å². The lowest BCUT2D eigenvalue weighted by atomic mass is 10.2. The van der Waals surface area contributed by atoms with Gasteiger partial charge in [-0.3, -0.25) is 19.6 Å². The Labute approximate surface area is 108 Å². The van der Waals surface area contributed by atoms with Crippen molar-refractivity contribution in [1.82, 2.24) is 0 Å². The number of carbonyl (C=O) groups excluding carboxylic acids is 2. The van der Waals surface area contributed by atoms with E-state index >= 15 is 0 Å². The molecule has 0 fully saturated rings. The maximum atomic E-state index is 11.1. The van der Waals surface area contributed by atoms with E-state index in [0.29, 0.717) is 25.2 Å². The zero-order valence-corrected chi connectivity index (χ0v) is 11.1. The van der Waals surface area contributed by atoms with Gasteiger partial charge in [-0.1, -0.05) is 0 Å². The third-order valence-corrected chi connectivity index (χ3v) is 2.19. The average molecular weight is 254 g/mol. The van der Waals surface area contributed by atoms with Gasteiger partial charge in [0.15, 0.2) is 5.78 Å². The Morgan fingerprint density at radius 2 is 1.56 bits per heavy atom. The summed E-state index contributed by atoms with van der Waals surface area (Å²) in [5.41, 5.74) is 12.1. The van der Waals surface area contributed by atoms with Gasteiger partial charge in [-0.25, -0.2) is 0 Å². The van der Waals surface area contributed by atoms with Crippen molar-refractivity contribution in [3.05, 3.63) is 0 Å². The van der Waals surface area contributed by atoms with Gasteiger partial charge in [0.1, 0.15) is 5.78 Å². The Hall–Kier alpha value is -1.40. The number of ketones is 2. The second-order valence-electron chi connectivity index (χ2n) is 4.07. The highest BCUT2D eigenvalue weighted by molar-refractivity contribution is 6.03. The van der Waals surface area contributed by atoms with Gasteiger partial charge in [0.05, 0.1) is 19.6 Å². The molecule has 18 heavy (non-hydrogen) atoms. The molecule has 6 heteroatoms. The standard InChI is InChI=1S/C12H22N4O2/c1-9(5-10(2)17)15-3-4-16-11(7-13)6-12(18)8-14/h3-8,13-14H2,1-2H3. The van der Waals surface area contributed by atoms with E-state index < -0.39 is 0 Å². The largest absolute Gasteiger partial charge is 0.325 e. The molecule has 0 aromatic rings. The Morgan fingerprint density at radius 1 is 0.944 bits per heavy atom. The second-order valence-corrected chi connectivity index (χ2v) is 4.07. The van der Waals surface area contributed by atoms with Gasteiger partial charge in [0, 0.05) is 30.8 Å². The molecule has 0 unspecified atom stereocenters. The fraction of sp³-hybridized carbons (Fsp3) is 0.667. The topological polar surface area (TPSA) is 111 Å². The monoisotopic (exact) mass is 254 g/mol. The van der Waals surface area contributed by atoms with Crippen molar-refractivity contribution in [3.8, 4) is 0 Å².